The molecule has 0 atom stereocenters. The van der Waals surface area contributed by atoms with E-state index >= 15 is 0 Å². The molecule has 0 aliphatic carbocycles. The first kappa shape index (κ1) is 27.1. The number of hydrogen-bond acceptors (Lipinski definition) is 7. The van der Waals surface area contributed by atoms with Crippen molar-refractivity contribution in [1.29, 1.82) is 0 Å². The highest BCUT2D eigenvalue weighted by molar-refractivity contribution is 5.97. The fourth-order valence-electron chi connectivity index (χ4n) is 4.16. The zero-order valence-corrected chi connectivity index (χ0v) is 21.6. The van der Waals surface area contributed by atoms with E-state index in [1.54, 1.807) is 13.2 Å². The maximum absolute atomic E-state index is 12.9. The van der Waals surface area contributed by atoms with Crippen LogP contribution in [-0.2, 0) is 4.74 Å². The first-order valence-electron chi connectivity index (χ1n) is 12.5. The van der Waals surface area contributed by atoms with E-state index in [4.69, 9.17) is 19.9 Å². The molecule has 1 aliphatic heterocycles. The van der Waals surface area contributed by atoms with Crippen LogP contribution in [0.15, 0.2) is 54.8 Å². The van der Waals surface area contributed by atoms with Crippen molar-refractivity contribution >= 4 is 17.2 Å². The molecule has 0 saturated carbocycles. The predicted octanol–water partition coefficient (Wildman–Crippen LogP) is 4.15. The molecule has 0 radical (unpaired) electrons. The summed E-state index contributed by atoms with van der Waals surface area (Å²) in [6, 6.07) is 11.7. The zero-order chi connectivity index (χ0) is 25.9. The Kier molecular flexibility index (Phi) is 10.2. The van der Waals surface area contributed by atoms with Crippen LogP contribution in [-0.4, -0.2) is 62.3 Å². The molecular weight excluding hydrogens is 456 g/mol. The van der Waals surface area contributed by atoms with Gasteiger partial charge in [0.1, 0.15) is 11.3 Å². The van der Waals surface area contributed by atoms with Crippen LogP contribution in [0.1, 0.15) is 42.6 Å². The molecule has 1 saturated heterocycles. The number of allylic oxidation sites excluding steroid dienone is 2. The van der Waals surface area contributed by atoms with E-state index in [1.165, 1.54) is 0 Å². The number of nitrogens with zero attached hydrogens (tertiary/aromatic N) is 2. The van der Waals surface area contributed by atoms with Crippen LogP contribution >= 0.6 is 0 Å². The van der Waals surface area contributed by atoms with Crippen molar-refractivity contribution in [3.8, 4) is 11.8 Å². The molecule has 8 nitrogen and oxygen atoms in total. The normalized spacial score (nSPS) is 14.8. The zero-order valence-electron chi connectivity index (χ0n) is 21.6. The average Bonchev–Trinajstić information content (AvgIpc) is 2.90. The monoisotopic (exact) mass is 494 g/mol. The summed E-state index contributed by atoms with van der Waals surface area (Å²) in [6.07, 6.45) is 3.98. The Morgan fingerprint density at radius 1 is 1.17 bits per heavy atom. The Bertz CT molecular complexity index is 1050. The van der Waals surface area contributed by atoms with Gasteiger partial charge in [-0.15, -0.1) is 0 Å². The van der Waals surface area contributed by atoms with Gasteiger partial charge in [0.2, 0.25) is 11.8 Å². The first-order chi connectivity index (χ1) is 17.4. The van der Waals surface area contributed by atoms with Gasteiger partial charge < -0.3 is 25.3 Å². The number of carbonyl (C=O) groups is 1. The Labute approximate surface area is 214 Å². The number of nitrogens with two attached hydrogens (primary N) is 1. The van der Waals surface area contributed by atoms with Crippen LogP contribution in [0.2, 0.25) is 0 Å². The number of benzene rings is 1. The minimum absolute atomic E-state index is 0.235. The molecule has 3 N–H and O–H groups in total. The molecule has 0 spiro atoms. The summed E-state index contributed by atoms with van der Waals surface area (Å²) in [5.74, 6) is 1.55. The van der Waals surface area contributed by atoms with Crippen LogP contribution in [0, 0.1) is 5.92 Å². The molecular formula is C28H38N4O4. The minimum atomic E-state index is -0.243. The van der Waals surface area contributed by atoms with Crippen molar-refractivity contribution in [3.63, 3.8) is 0 Å². The molecule has 1 aromatic heterocycles. The van der Waals surface area contributed by atoms with Crippen molar-refractivity contribution in [1.82, 2.24) is 15.2 Å². The van der Waals surface area contributed by atoms with Crippen molar-refractivity contribution < 1.29 is 19.0 Å². The van der Waals surface area contributed by atoms with Crippen molar-refractivity contribution in [2.75, 3.05) is 52.2 Å². The van der Waals surface area contributed by atoms with E-state index in [0.717, 1.165) is 49.4 Å². The second-order valence-electron chi connectivity index (χ2n) is 8.74. The number of anilines is 1. The lowest BCUT2D eigenvalue weighted by Crippen LogP contribution is -2.39. The van der Waals surface area contributed by atoms with E-state index in [1.807, 2.05) is 50.3 Å². The molecule has 1 aromatic carbocycles. The van der Waals surface area contributed by atoms with Crippen molar-refractivity contribution in [2.45, 2.75) is 26.7 Å². The maximum Gasteiger partial charge on any atom is 0.256 e. The van der Waals surface area contributed by atoms with Crippen LogP contribution in [0.3, 0.4) is 0 Å². The Hall–Kier alpha value is -3.52. The molecule has 194 valence electrons. The number of likely N-dealkylation sites (tertiary alicyclic amines) is 1. The number of ether oxygens (including phenoxy) is 3. The average molecular weight is 495 g/mol. The highest BCUT2D eigenvalue weighted by Gasteiger charge is 2.23. The largest absolute Gasteiger partial charge is 0.500 e. The summed E-state index contributed by atoms with van der Waals surface area (Å²) < 4.78 is 16.6. The third-order valence-electron chi connectivity index (χ3n) is 6.17. The van der Waals surface area contributed by atoms with Gasteiger partial charge in [0.15, 0.2) is 0 Å². The van der Waals surface area contributed by atoms with Gasteiger partial charge in [0.05, 0.1) is 32.6 Å². The second kappa shape index (κ2) is 13.5. The van der Waals surface area contributed by atoms with Gasteiger partial charge in [-0.2, -0.15) is 4.98 Å². The third kappa shape index (κ3) is 7.49. The van der Waals surface area contributed by atoms with Crippen molar-refractivity contribution in [3.05, 3.63) is 65.9 Å². The third-order valence-corrected chi connectivity index (χ3v) is 6.17. The van der Waals surface area contributed by atoms with Crippen LogP contribution in [0.5, 0.6) is 11.8 Å². The van der Waals surface area contributed by atoms with Gasteiger partial charge in [-0.1, -0.05) is 36.9 Å². The number of hydrogen-bond donors (Lipinski definition) is 2. The SMILES string of the molecule is C=C(/C=C(/CN1CCC(CNC(=O)c2cc(N)c(OCC)nc2OCC)CC1)OC)c1ccccc1. The number of pyridine rings is 1. The van der Waals surface area contributed by atoms with E-state index in [-0.39, 0.29) is 17.7 Å². The number of amides is 1. The minimum Gasteiger partial charge on any atom is -0.500 e. The highest BCUT2D eigenvalue weighted by Crippen LogP contribution is 2.27. The lowest BCUT2D eigenvalue weighted by atomic mass is 9.96. The molecule has 8 heteroatoms. The fourth-order valence-corrected chi connectivity index (χ4v) is 4.16. The highest BCUT2D eigenvalue weighted by atomic mass is 16.5. The number of piperidine rings is 1. The lowest BCUT2D eigenvalue weighted by Gasteiger charge is -2.32. The predicted molar refractivity (Wildman–Crippen MR) is 143 cm³/mol. The van der Waals surface area contributed by atoms with Gasteiger partial charge in [0, 0.05) is 6.54 Å². The van der Waals surface area contributed by atoms with Gasteiger partial charge in [-0.25, -0.2) is 0 Å². The van der Waals surface area contributed by atoms with E-state index < -0.39 is 0 Å². The second-order valence-corrected chi connectivity index (χ2v) is 8.74. The Morgan fingerprint density at radius 3 is 2.47 bits per heavy atom. The van der Waals surface area contributed by atoms with Gasteiger partial charge in [-0.05, 0) is 69.0 Å². The summed E-state index contributed by atoms with van der Waals surface area (Å²) >= 11 is 0. The number of methoxy groups -OCH3 is 1. The number of nitrogens with one attached hydrogen (secondary N) is 1. The standard InChI is InChI=1S/C28H38N4O4/c1-5-35-27-24(17-25(29)28(31-27)36-6-2)26(33)30-18-21-12-14-32(15-13-21)19-23(34-4)16-20(3)22-10-8-7-9-11-22/h7-11,16-17,21H,3,5-6,12-15,18-19,29H2,1-2,4H3,(H,30,33)/b23-16-. The number of carbonyl (C=O) groups excluding carboxylic acids is 1. The van der Waals surface area contributed by atoms with Crippen LogP contribution in [0.25, 0.3) is 5.57 Å². The molecule has 0 unspecified atom stereocenters. The van der Waals surface area contributed by atoms with Crippen LogP contribution in [0.4, 0.5) is 5.69 Å². The fraction of sp³-hybridized carbons (Fsp3) is 0.429. The van der Waals surface area contributed by atoms with E-state index in [2.05, 4.69) is 21.8 Å². The number of nitrogen functional groups attached to an aromatic ring is 1. The molecule has 2 aromatic rings. The molecule has 2 heterocycles. The topological polar surface area (TPSA) is 98.9 Å². The van der Waals surface area contributed by atoms with Crippen molar-refractivity contribution in [2.24, 2.45) is 5.92 Å². The summed E-state index contributed by atoms with van der Waals surface area (Å²) in [7, 11) is 1.70. The Morgan fingerprint density at radius 2 is 1.83 bits per heavy atom. The van der Waals surface area contributed by atoms with Gasteiger partial charge in [0.25, 0.3) is 5.91 Å². The molecule has 3 rings (SSSR count). The van der Waals surface area contributed by atoms with Crippen LogP contribution < -0.4 is 20.5 Å². The quantitative estimate of drug-likeness (QED) is 0.338. The van der Waals surface area contributed by atoms with Gasteiger partial charge in [-0.3, -0.25) is 9.69 Å². The Balaban J connectivity index is 1.51. The number of rotatable bonds is 12. The number of aromatic nitrogens is 1. The van der Waals surface area contributed by atoms with Gasteiger partial charge >= 0.3 is 0 Å². The summed E-state index contributed by atoms with van der Waals surface area (Å²) in [4.78, 5) is 19.6. The van der Waals surface area contributed by atoms with E-state index in [0.29, 0.717) is 36.9 Å². The molecule has 0 bridgehead atoms. The first-order valence-corrected chi connectivity index (χ1v) is 12.5. The molecule has 1 amide bonds. The molecule has 1 aliphatic rings. The smallest absolute Gasteiger partial charge is 0.256 e. The van der Waals surface area contributed by atoms with E-state index in [9.17, 15) is 4.79 Å². The molecule has 1 fully saturated rings. The summed E-state index contributed by atoms with van der Waals surface area (Å²) in [6.45, 7) is 11.9. The summed E-state index contributed by atoms with van der Waals surface area (Å²) in [5.41, 5.74) is 8.68. The summed E-state index contributed by atoms with van der Waals surface area (Å²) in [5, 5.41) is 3.04. The molecule has 36 heavy (non-hydrogen) atoms. The lowest BCUT2D eigenvalue weighted by molar-refractivity contribution is 0.0930. The maximum atomic E-state index is 12.9.